The molecule has 2 aromatic carbocycles. The van der Waals surface area contributed by atoms with E-state index in [9.17, 15) is 4.79 Å². The lowest BCUT2D eigenvalue weighted by molar-refractivity contribution is 0.0928. The number of nitrogens with one attached hydrogen (secondary N) is 2. The fourth-order valence-corrected chi connectivity index (χ4v) is 3.55. The molecule has 1 heterocycles. The zero-order valence-corrected chi connectivity index (χ0v) is 13.6. The monoisotopic (exact) mass is 319 g/mol. The van der Waals surface area contributed by atoms with E-state index < -0.39 is 0 Å². The molecule has 2 N–H and O–H groups in total. The molecule has 4 rings (SSSR count). The number of hydrogen-bond acceptors (Lipinski definition) is 2. The molecule has 1 aliphatic carbocycles. The molecule has 1 amide bonds. The highest BCUT2D eigenvalue weighted by Gasteiger charge is 2.18. The lowest BCUT2D eigenvalue weighted by atomic mass is 9.94. The minimum atomic E-state index is 0.00980. The minimum Gasteiger partial charge on any atom is -0.349 e. The standard InChI is InChI=1S/C20H21N3O/c24-20(22-16-9-5-2-6-10-16)15-11-17(14-7-3-1-4-8-14)18-13-21-23-19(18)12-15/h1,3-4,7-8,11-13,16H,2,5-6,9-10H2,(H,21,23)(H,22,24). The predicted octanol–water partition coefficient (Wildman–Crippen LogP) is 4.29. The highest BCUT2D eigenvalue weighted by molar-refractivity contribution is 6.03. The number of H-pyrrole nitrogens is 1. The van der Waals surface area contributed by atoms with Crippen molar-refractivity contribution < 1.29 is 4.79 Å². The Morgan fingerprint density at radius 2 is 1.88 bits per heavy atom. The summed E-state index contributed by atoms with van der Waals surface area (Å²) in [6.45, 7) is 0. The number of rotatable bonds is 3. The second-order valence-corrected chi connectivity index (χ2v) is 6.53. The van der Waals surface area contributed by atoms with E-state index in [1.54, 1.807) is 0 Å². The summed E-state index contributed by atoms with van der Waals surface area (Å²) in [5.41, 5.74) is 3.72. The van der Waals surface area contributed by atoms with E-state index in [4.69, 9.17) is 0 Å². The Hall–Kier alpha value is -2.62. The minimum absolute atomic E-state index is 0.00980. The van der Waals surface area contributed by atoms with Gasteiger partial charge in [-0.1, -0.05) is 49.6 Å². The first-order chi connectivity index (χ1) is 11.8. The first-order valence-corrected chi connectivity index (χ1v) is 8.65. The Labute approximate surface area is 141 Å². The fourth-order valence-electron chi connectivity index (χ4n) is 3.55. The SMILES string of the molecule is O=C(NC1CCCCC1)c1cc(-c2ccccc2)c2cn[nH]c2c1. The average Bonchev–Trinajstić information content (AvgIpc) is 3.11. The molecular weight excluding hydrogens is 298 g/mol. The molecule has 0 saturated heterocycles. The third-order valence-electron chi connectivity index (χ3n) is 4.85. The van der Waals surface area contributed by atoms with E-state index in [-0.39, 0.29) is 5.91 Å². The second-order valence-electron chi connectivity index (χ2n) is 6.53. The zero-order chi connectivity index (χ0) is 16.4. The van der Waals surface area contributed by atoms with Gasteiger partial charge in [0.2, 0.25) is 0 Å². The van der Waals surface area contributed by atoms with Gasteiger partial charge in [0.05, 0.1) is 11.7 Å². The van der Waals surface area contributed by atoms with Gasteiger partial charge in [0.25, 0.3) is 5.91 Å². The van der Waals surface area contributed by atoms with Gasteiger partial charge in [-0.05, 0) is 36.1 Å². The van der Waals surface area contributed by atoms with Gasteiger partial charge in [0.15, 0.2) is 0 Å². The van der Waals surface area contributed by atoms with Crippen LogP contribution in [0.5, 0.6) is 0 Å². The Morgan fingerprint density at radius 1 is 1.08 bits per heavy atom. The van der Waals surface area contributed by atoms with Crippen molar-refractivity contribution in [3.8, 4) is 11.1 Å². The molecule has 0 aliphatic heterocycles. The molecule has 24 heavy (non-hydrogen) atoms. The first kappa shape index (κ1) is 14.9. The van der Waals surface area contributed by atoms with Gasteiger partial charge in [-0.15, -0.1) is 0 Å². The maximum Gasteiger partial charge on any atom is 0.251 e. The van der Waals surface area contributed by atoms with Crippen LogP contribution >= 0.6 is 0 Å². The van der Waals surface area contributed by atoms with Crippen LogP contribution in [-0.4, -0.2) is 22.1 Å². The van der Waals surface area contributed by atoms with Gasteiger partial charge in [-0.2, -0.15) is 5.10 Å². The van der Waals surface area contributed by atoms with Crippen LogP contribution < -0.4 is 5.32 Å². The van der Waals surface area contributed by atoms with Crippen molar-refractivity contribution in [3.63, 3.8) is 0 Å². The summed E-state index contributed by atoms with van der Waals surface area (Å²) in [7, 11) is 0. The van der Waals surface area contributed by atoms with E-state index in [0.717, 1.165) is 34.9 Å². The summed E-state index contributed by atoms with van der Waals surface area (Å²) in [6.07, 6.45) is 7.69. The summed E-state index contributed by atoms with van der Waals surface area (Å²) in [6, 6.07) is 14.3. The van der Waals surface area contributed by atoms with Crippen LogP contribution in [-0.2, 0) is 0 Å². The molecule has 0 atom stereocenters. The normalized spacial score (nSPS) is 15.5. The molecule has 1 fully saturated rings. The summed E-state index contributed by atoms with van der Waals surface area (Å²) < 4.78 is 0. The van der Waals surface area contributed by atoms with Gasteiger partial charge in [0, 0.05) is 17.0 Å². The van der Waals surface area contributed by atoms with Crippen LogP contribution in [0.2, 0.25) is 0 Å². The number of aromatic nitrogens is 2. The van der Waals surface area contributed by atoms with Gasteiger partial charge >= 0.3 is 0 Å². The largest absolute Gasteiger partial charge is 0.349 e. The summed E-state index contributed by atoms with van der Waals surface area (Å²) in [4.78, 5) is 12.7. The highest BCUT2D eigenvalue weighted by Crippen LogP contribution is 2.29. The smallest absolute Gasteiger partial charge is 0.251 e. The molecule has 4 nitrogen and oxygen atoms in total. The van der Waals surface area contributed by atoms with Gasteiger partial charge in [0.1, 0.15) is 0 Å². The van der Waals surface area contributed by atoms with Crippen LogP contribution in [0.25, 0.3) is 22.0 Å². The Morgan fingerprint density at radius 3 is 2.67 bits per heavy atom. The molecule has 1 aromatic heterocycles. The van der Waals surface area contributed by atoms with Crippen LogP contribution in [0.4, 0.5) is 0 Å². The van der Waals surface area contributed by atoms with E-state index in [0.29, 0.717) is 11.6 Å². The topological polar surface area (TPSA) is 57.8 Å². The van der Waals surface area contributed by atoms with Crippen molar-refractivity contribution in [3.05, 3.63) is 54.2 Å². The number of nitrogens with zero attached hydrogens (tertiary/aromatic N) is 1. The number of amides is 1. The molecule has 3 aromatic rings. The third-order valence-corrected chi connectivity index (χ3v) is 4.85. The fraction of sp³-hybridized carbons (Fsp3) is 0.300. The molecule has 0 bridgehead atoms. The Balaban J connectivity index is 1.69. The van der Waals surface area contributed by atoms with Crippen LogP contribution in [0.15, 0.2) is 48.7 Å². The highest BCUT2D eigenvalue weighted by atomic mass is 16.1. The Bertz CT molecular complexity index is 848. The van der Waals surface area contributed by atoms with Crippen molar-refractivity contribution in [1.29, 1.82) is 0 Å². The summed E-state index contributed by atoms with van der Waals surface area (Å²) >= 11 is 0. The molecule has 0 radical (unpaired) electrons. The first-order valence-electron chi connectivity index (χ1n) is 8.65. The van der Waals surface area contributed by atoms with Crippen LogP contribution in [0.3, 0.4) is 0 Å². The molecule has 122 valence electrons. The van der Waals surface area contributed by atoms with Gasteiger partial charge in [-0.3, -0.25) is 9.89 Å². The van der Waals surface area contributed by atoms with Gasteiger partial charge < -0.3 is 5.32 Å². The average molecular weight is 319 g/mol. The summed E-state index contributed by atoms with van der Waals surface area (Å²) in [5.74, 6) is 0.00980. The van der Waals surface area contributed by atoms with Crippen molar-refractivity contribution in [2.24, 2.45) is 0 Å². The number of hydrogen-bond donors (Lipinski definition) is 2. The van der Waals surface area contributed by atoms with Crippen molar-refractivity contribution >= 4 is 16.8 Å². The maximum absolute atomic E-state index is 12.7. The Kier molecular flexibility index (Phi) is 4.03. The molecule has 1 saturated carbocycles. The third kappa shape index (κ3) is 2.92. The zero-order valence-electron chi connectivity index (χ0n) is 13.6. The molecule has 0 spiro atoms. The van der Waals surface area contributed by atoms with Gasteiger partial charge in [-0.25, -0.2) is 0 Å². The number of carbonyl (C=O) groups excluding carboxylic acids is 1. The van der Waals surface area contributed by atoms with E-state index >= 15 is 0 Å². The van der Waals surface area contributed by atoms with Crippen molar-refractivity contribution in [2.75, 3.05) is 0 Å². The second kappa shape index (κ2) is 6.48. The van der Waals surface area contributed by atoms with E-state index in [1.807, 2.05) is 36.5 Å². The van der Waals surface area contributed by atoms with E-state index in [2.05, 4.69) is 27.6 Å². The molecule has 1 aliphatic rings. The lowest BCUT2D eigenvalue weighted by Gasteiger charge is -2.23. The summed E-state index contributed by atoms with van der Waals surface area (Å²) in [5, 5.41) is 11.4. The van der Waals surface area contributed by atoms with E-state index in [1.165, 1.54) is 19.3 Å². The quantitative estimate of drug-likeness (QED) is 0.756. The van der Waals surface area contributed by atoms with Crippen molar-refractivity contribution in [2.45, 2.75) is 38.1 Å². The number of benzene rings is 2. The maximum atomic E-state index is 12.7. The number of carbonyl (C=O) groups is 1. The molecule has 4 heteroatoms. The number of fused-ring (bicyclic) bond motifs is 1. The lowest BCUT2D eigenvalue weighted by Crippen LogP contribution is -2.36. The van der Waals surface area contributed by atoms with Crippen LogP contribution in [0, 0.1) is 0 Å². The van der Waals surface area contributed by atoms with Crippen LogP contribution in [0.1, 0.15) is 42.5 Å². The molecular formula is C20H21N3O. The van der Waals surface area contributed by atoms with Crippen molar-refractivity contribution in [1.82, 2.24) is 15.5 Å². The molecule has 0 unspecified atom stereocenters. The number of aromatic amines is 1. The predicted molar refractivity (Wildman–Crippen MR) is 95.9 cm³/mol.